The van der Waals surface area contributed by atoms with E-state index in [-0.39, 0.29) is 12.3 Å². The van der Waals surface area contributed by atoms with Crippen LogP contribution in [0.3, 0.4) is 0 Å². The second-order valence-electron chi connectivity index (χ2n) is 4.17. The topological polar surface area (TPSA) is 88.3 Å². The van der Waals surface area contributed by atoms with Crippen LogP contribution < -0.4 is 5.32 Å². The van der Waals surface area contributed by atoms with Crippen LogP contribution in [0.4, 0.5) is 5.69 Å². The van der Waals surface area contributed by atoms with E-state index in [4.69, 9.17) is 4.74 Å². The van der Waals surface area contributed by atoms with Gasteiger partial charge in [-0.3, -0.25) is 9.59 Å². The molecule has 0 saturated carbocycles. The van der Waals surface area contributed by atoms with Crippen molar-refractivity contribution in [2.75, 3.05) is 11.9 Å². The Bertz CT molecular complexity index is 662. The number of aromatic amines is 1. The Balaban J connectivity index is 2.09. The number of carbonyl (C=O) groups excluding carboxylic acids is 3. The van der Waals surface area contributed by atoms with E-state index in [9.17, 15) is 14.4 Å². The number of esters is 1. The van der Waals surface area contributed by atoms with Crippen LogP contribution in [0.2, 0.25) is 0 Å². The van der Waals surface area contributed by atoms with Gasteiger partial charge in [-0.15, -0.1) is 0 Å². The number of benzene rings is 1. The first-order valence-electron chi connectivity index (χ1n) is 6.38. The number of Topliss-reactive ketones (excluding diaryl/α,β-unsaturated/α-hetero) is 1. The highest BCUT2D eigenvalue weighted by Crippen LogP contribution is 2.12. The first-order chi connectivity index (χ1) is 10.1. The Morgan fingerprint density at radius 1 is 1.19 bits per heavy atom. The van der Waals surface area contributed by atoms with Gasteiger partial charge in [0.25, 0.3) is 11.7 Å². The summed E-state index contributed by atoms with van der Waals surface area (Å²) in [5.74, 6) is -1.94. The molecule has 0 unspecified atom stereocenters. The fourth-order valence-electron chi connectivity index (χ4n) is 1.72. The average Bonchev–Trinajstić information content (AvgIpc) is 3.01. The number of rotatable bonds is 5. The van der Waals surface area contributed by atoms with Crippen molar-refractivity contribution in [2.45, 2.75) is 6.92 Å². The fraction of sp³-hybridized carbons (Fsp3) is 0.133. The molecule has 0 saturated heterocycles. The number of H-pyrrole nitrogens is 1. The van der Waals surface area contributed by atoms with Crippen molar-refractivity contribution in [1.82, 2.24) is 4.98 Å². The van der Waals surface area contributed by atoms with Crippen LogP contribution in [-0.2, 0) is 9.53 Å². The first kappa shape index (κ1) is 14.5. The molecule has 6 nitrogen and oxygen atoms in total. The number of nitrogens with one attached hydrogen (secondary N) is 2. The van der Waals surface area contributed by atoms with Gasteiger partial charge in [-0.25, -0.2) is 4.79 Å². The van der Waals surface area contributed by atoms with Gasteiger partial charge in [-0.1, -0.05) is 6.07 Å². The van der Waals surface area contributed by atoms with E-state index in [1.165, 1.54) is 12.1 Å². The highest BCUT2D eigenvalue weighted by molar-refractivity contribution is 6.46. The highest BCUT2D eigenvalue weighted by Gasteiger charge is 2.17. The number of aromatic nitrogens is 1. The summed E-state index contributed by atoms with van der Waals surface area (Å²) < 4.78 is 4.87. The normalized spacial score (nSPS) is 9.95. The molecule has 0 aliphatic heterocycles. The molecular weight excluding hydrogens is 272 g/mol. The number of ether oxygens (including phenoxy) is 1. The van der Waals surface area contributed by atoms with Gasteiger partial charge in [0.15, 0.2) is 0 Å². The van der Waals surface area contributed by atoms with E-state index in [2.05, 4.69) is 10.3 Å². The predicted octanol–water partition coefficient (Wildman–Crippen LogP) is 2.01. The zero-order valence-corrected chi connectivity index (χ0v) is 11.4. The minimum absolute atomic E-state index is 0.203. The van der Waals surface area contributed by atoms with E-state index < -0.39 is 17.7 Å². The summed E-state index contributed by atoms with van der Waals surface area (Å²) in [7, 11) is 0. The maximum absolute atomic E-state index is 11.8. The first-order valence-corrected chi connectivity index (χ1v) is 6.38. The summed E-state index contributed by atoms with van der Waals surface area (Å²) in [6.07, 6.45) is 1.56. The Morgan fingerprint density at radius 3 is 2.67 bits per heavy atom. The zero-order valence-electron chi connectivity index (χ0n) is 11.4. The average molecular weight is 286 g/mol. The number of anilines is 1. The molecule has 1 aromatic carbocycles. The predicted molar refractivity (Wildman–Crippen MR) is 76.2 cm³/mol. The van der Waals surface area contributed by atoms with Gasteiger partial charge in [-0.2, -0.15) is 0 Å². The maximum Gasteiger partial charge on any atom is 0.338 e. The minimum Gasteiger partial charge on any atom is -0.462 e. The Morgan fingerprint density at radius 2 is 2.00 bits per heavy atom. The molecule has 2 rings (SSSR count). The smallest absolute Gasteiger partial charge is 0.338 e. The van der Waals surface area contributed by atoms with Crippen molar-refractivity contribution in [3.8, 4) is 0 Å². The fourth-order valence-corrected chi connectivity index (χ4v) is 1.72. The van der Waals surface area contributed by atoms with Crippen molar-refractivity contribution in [2.24, 2.45) is 0 Å². The largest absolute Gasteiger partial charge is 0.462 e. The summed E-state index contributed by atoms with van der Waals surface area (Å²) in [5.41, 5.74) is 0.862. The number of amides is 1. The lowest BCUT2D eigenvalue weighted by Crippen LogP contribution is -2.23. The van der Waals surface area contributed by atoms with Crippen LogP contribution in [0.1, 0.15) is 27.8 Å². The van der Waals surface area contributed by atoms with Crippen LogP contribution in [0, 0.1) is 0 Å². The molecule has 6 heteroatoms. The lowest BCUT2D eigenvalue weighted by atomic mass is 10.2. The Kier molecular flexibility index (Phi) is 4.50. The molecule has 0 fully saturated rings. The van der Waals surface area contributed by atoms with Gasteiger partial charge in [0.1, 0.15) is 0 Å². The second-order valence-corrected chi connectivity index (χ2v) is 4.17. The van der Waals surface area contributed by atoms with Crippen LogP contribution >= 0.6 is 0 Å². The molecular formula is C15H14N2O4. The molecule has 0 radical (unpaired) electrons. The standard InChI is InChI=1S/C15H14N2O4/c1-2-21-15(20)10-5-3-6-11(9-10)17-14(19)13(18)12-7-4-8-16-12/h3-9,16H,2H2,1H3,(H,17,19). The molecule has 1 amide bonds. The molecule has 0 aliphatic rings. The van der Waals surface area contributed by atoms with Gasteiger partial charge >= 0.3 is 5.97 Å². The number of carbonyl (C=O) groups is 3. The Hall–Kier alpha value is -2.89. The molecule has 0 spiro atoms. The van der Waals surface area contributed by atoms with Gasteiger partial charge in [-0.05, 0) is 37.3 Å². The van der Waals surface area contributed by atoms with Crippen molar-refractivity contribution in [3.63, 3.8) is 0 Å². The third-order valence-electron chi connectivity index (χ3n) is 2.68. The van der Waals surface area contributed by atoms with Crippen molar-refractivity contribution in [1.29, 1.82) is 0 Å². The van der Waals surface area contributed by atoms with Gasteiger partial charge < -0.3 is 15.0 Å². The van der Waals surface area contributed by atoms with Crippen molar-refractivity contribution >= 4 is 23.3 Å². The Labute approximate surface area is 121 Å². The monoisotopic (exact) mass is 286 g/mol. The minimum atomic E-state index is -0.779. The quantitative estimate of drug-likeness (QED) is 0.500. The lowest BCUT2D eigenvalue weighted by molar-refractivity contribution is -0.112. The summed E-state index contributed by atoms with van der Waals surface area (Å²) >= 11 is 0. The SMILES string of the molecule is CCOC(=O)c1cccc(NC(=O)C(=O)c2ccc[nH]2)c1. The molecule has 108 valence electrons. The molecule has 0 atom stereocenters. The molecule has 0 bridgehead atoms. The summed E-state index contributed by atoms with van der Waals surface area (Å²) in [6, 6.07) is 9.35. The summed E-state index contributed by atoms with van der Waals surface area (Å²) in [6.45, 7) is 1.97. The van der Waals surface area contributed by atoms with Crippen LogP contribution in [0.5, 0.6) is 0 Å². The maximum atomic E-state index is 11.8. The number of ketones is 1. The molecule has 1 heterocycles. The second kappa shape index (κ2) is 6.51. The molecule has 2 aromatic rings. The highest BCUT2D eigenvalue weighted by atomic mass is 16.5. The van der Waals surface area contributed by atoms with Gasteiger partial charge in [0.2, 0.25) is 0 Å². The van der Waals surface area contributed by atoms with Crippen LogP contribution in [0.25, 0.3) is 0 Å². The van der Waals surface area contributed by atoms with Crippen LogP contribution in [-0.4, -0.2) is 29.3 Å². The van der Waals surface area contributed by atoms with Gasteiger partial charge in [0.05, 0.1) is 17.9 Å². The van der Waals surface area contributed by atoms with Crippen LogP contribution in [0.15, 0.2) is 42.6 Å². The number of hydrogen-bond donors (Lipinski definition) is 2. The lowest BCUT2D eigenvalue weighted by Gasteiger charge is -2.06. The summed E-state index contributed by atoms with van der Waals surface area (Å²) in [5, 5.41) is 2.45. The van der Waals surface area contributed by atoms with E-state index >= 15 is 0 Å². The van der Waals surface area contributed by atoms with Crippen molar-refractivity contribution < 1.29 is 19.1 Å². The van der Waals surface area contributed by atoms with Crippen molar-refractivity contribution in [3.05, 3.63) is 53.9 Å². The zero-order chi connectivity index (χ0) is 15.2. The number of hydrogen-bond acceptors (Lipinski definition) is 4. The van der Waals surface area contributed by atoms with E-state index in [0.717, 1.165) is 0 Å². The van der Waals surface area contributed by atoms with E-state index in [1.54, 1.807) is 37.4 Å². The van der Waals surface area contributed by atoms with Gasteiger partial charge in [0, 0.05) is 11.9 Å². The third kappa shape index (κ3) is 3.56. The van der Waals surface area contributed by atoms with E-state index in [1.807, 2.05) is 0 Å². The molecule has 0 aliphatic carbocycles. The molecule has 1 aromatic heterocycles. The third-order valence-corrected chi connectivity index (χ3v) is 2.68. The molecule has 2 N–H and O–H groups in total. The summed E-state index contributed by atoms with van der Waals surface area (Å²) in [4.78, 5) is 37.9. The van der Waals surface area contributed by atoms with E-state index in [0.29, 0.717) is 11.3 Å². The molecule has 21 heavy (non-hydrogen) atoms.